The van der Waals surface area contributed by atoms with Gasteiger partial charge in [-0.25, -0.2) is 10.4 Å². The SMILES string of the molecule is O=C(N/N=C(/N=Cc1ccccc1)c1ccccc1O)c1ccccc1. The number of carbonyl (C=O) groups is 1. The van der Waals surface area contributed by atoms with E-state index in [1.165, 1.54) is 0 Å². The maximum atomic E-state index is 12.2. The third-order valence-electron chi connectivity index (χ3n) is 3.58. The zero-order chi connectivity index (χ0) is 18.2. The number of hydrogen-bond donors (Lipinski definition) is 2. The zero-order valence-electron chi connectivity index (χ0n) is 13.9. The lowest BCUT2D eigenvalue weighted by atomic mass is 10.2. The molecule has 128 valence electrons. The first-order valence-electron chi connectivity index (χ1n) is 8.04. The molecule has 0 spiro atoms. The van der Waals surface area contributed by atoms with E-state index in [0.29, 0.717) is 11.1 Å². The number of rotatable bonds is 4. The normalized spacial score (nSPS) is 11.5. The van der Waals surface area contributed by atoms with E-state index in [9.17, 15) is 9.90 Å². The molecule has 0 saturated carbocycles. The zero-order valence-corrected chi connectivity index (χ0v) is 13.9. The van der Waals surface area contributed by atoms with Gasteiger partial charge in [0.05, 0.1) is 5.56 Å². The van der Waals surface area contributed by atoms with Crippen LogP contribution in [0.5, 0.6) is 5.75 Å². The van der Waals surface area contributed by atoms with Gasteiger partial charge in [0.2, 0.25) is 0 Å². The Hall–Kier alpha value is -3.73. The van der Waals surface area contributed by atoms with Crippen molar-refractivity contribution in [1.29, 1.82) is 0 Å². The van der Waals surface area contributed by atoms with Crippen LogP contribution in [0, 0.1) is 0 Å². The molecule has 0 aliphatic carbocycles. The largest absolute Gasteiger partial charge is 0.507 e. The van der Waals surface area contributed by atoms with Crippen molar-refractivity contribution in [2.24, 2.45) is 10.1 Å². The Kier molecular flexibility index (Phi) is 5.52. The number of para-hydroxylation sites is 1. The van der Waals surface area contributed by atoms with E-state index in [1.807, 2.05) is 36.4 Å². The first-order valence-corrected chi connectivity index (χ1v) is 8.04. The van der Waals surface area contributed by atoms with E-state index in [-0.39, 0.29) is 17.5 Å². The molecule has 0 aromatic heterocycles. The highest BCUT2D eigenvalue weighted by Crippen LogP contribution is 2.17. The van der Waals surface area contributed by atoms with E-state index in [4.69, 9.17) is 0 Å². The standard InChI is InChI=1S/C21H17N3O2/c25-19-14-8-7-13-18(19)20(22-15-16-9-3-1-4-10-16)23-24-21(26)17-11-5-2-6-12-17/h1-15,25H,(H,24,26)/b22-15?,23-20+. The second kappa shape index (κ2) is 8.39. The molecule has 0 atom stereocenters. The molecular formula is C21H17N3O2. The van der Waals surface area contributed by atoms with Crippen LogP contribution < -0.4 is 5.43 Å². The van der Waals surface area contributed by atoms with Gasteiger partial charge in [0, 0.05) is 11.8 Å². The number of amides is 1. The number of aliphatic imine (C=N–C) groups is 1. The number of amidine groups is 1. The van der Waals surface area contributed by atoms with E-state index < -0.39 is 0 Å². The number of nitrogens with one attached hydrogen (secondary N) is 1. The Morgan fingerprint density at radius 3 is 2.15 bits per heavy atom. The highest BCUT2D eigenvalue weighted by atomic mass is 16.3. The van der Waals surface area contributed by atoms with Crippen molar-refractivity contribution in [2.45, 2.75) is 0 Å². The molecule has 3 aromatic carbocycles. The Bertz CT molecular complexity index is 936. The maximum Gasteiger partial charge on any atom is 0.271 e. The van der Waals surface area contributed by atoms with Gasteiger partial charge >= 0.3 is 0 Å². The van der Waals surface area contributed by atoms with Crippen LogP contribution in [-0.4, -0.2) is 23.1 Å². The number of aromatic hydroxyl groups is 1. The van der Waals surface area contributed by atoms with Crippen LogP contribution >= 0.6 is 0 Å². The molecule has 0 fully saturated rings. The first-order chi connectivity index (χ1) is 12.7. The summed E-state index contributed by atoms with van der Waals surface area (Å²) in [7, 11) is 0. The summed E-state index contributed by atoms with van der Waals surface area (Å²) in [4.78, 5) is 16.5. The number of carbonyl (C=O) groups excluding carboxylic acids is 1. The summed E-state index contributed by atoms with van der Waals surface area (Å²) in [6.45, 7) is 0. The topological polar surface area (TPSA) is 74.0 Å². The Morgan fingerprint density at radius 1 is 0.846 bits per heavy atom. The molecule has 1 amide bonds. The van der Waals surface area contributed by atoms with Crippen molar-refractivity contribution >= 4 is 18.0 Å². The minimum Gasteiger partial charge on any atom is -0.507 e. The molecule has 3 aromatic rings. The third kappa shape index (κ3) is 4.42. The molecular weight excluding hydrogens is 326 g/mol. The Labute approximate surface area is 151 Å². The van der Waals surface area contributed by atoms with Gasteiger partial charge in [0.15, 0.2) is 5.84 Å². The van der Waals surface area contributed by atoms with Crippen molar-refractivity contribution in [1.82, 2.24) is 5.43 Å². The predicted octanol–water partition coefficient (Wildman–Crippen LogP) is 3.60. The van der Waals surface area contributed by atoms with Crippen molar-refractivity contribution in [3.63, 3.8) is 0 Å². The van der Waals surface area contributed by atoms with Crippen molar-refractivity contribution < 1.29 is 9.90 Å². The minimum atomic E-state index is -0.353. The lowest BCUT2D eigenvalue weighted by Crippen LogP contribution is -2.19. The monoisotopic (exact) mass is 343 g/mol. The van der Waals surface area contributed by atoms with E-state index >= 15 is 0 Å². The molecule has 26 heavy (non-hydrogen) atoms. The molecule has 5 nitrogen and oxygen atoms in total. The Balaban J connectivity index is 1.89. The average molecular weight is 343 g/mol. The van der Waals surface area contributed by atoms with Crippen LogP contribution in [-0.2, 0) is 0 Å². The molecule has 0 radical (unpaired) electrons. The lowest BCUT2D eigenvalue weighted by molar-refractivity contribution is 0.0955. The van der Waals surface area contributed by atoms with Crippen molar-refractivity contribution in [2.75, 3.05) is 0 Å². The molecule has 0 bridgehead atoms. The van der Waals surface area contributed by atoms with Gasteiger partial charge in [-0.1, -0.05) is 60.7 Å². The highest BCUT2D eigenvalue weighted by molar-refractivity contribution is 6.07. The van der Waals surface area contributed by atoms with Gasteiger partial charge in [-0.3, -0.25) is 4.79 Å². The number of hydrogen-bond acceptors (Lipinski definition) is 3. The summed E-state index contributed by atoms with van der Waals surface area (Å²) >= 11 is 0. The number of hydrazone groups is 1. The molecule has 2 N–H and O–H groups in total. The van der Waals surface area contributed by atoms with Crippen LogP contribution in [0.1, 0.15) is 21.5 Å². The van der Waals surface area contributed by atoms with Crippen LogP contribution in [0.4, 0.5) is 0 Å². The molecule has 5 heteroatoms. The number of phenols is 1. The van der Waals surface area contributed by atoms with E-state index in [1.54, 1.807) is 54.7 Å². The summed E-state index contributed by atoms with van der Waals surface area (Å²) in [5.74, 6) is -0.116. The van der Waals surface area contributed by atoms with Crippen LogP contribution in [0.2, 0.25) is 0 Å². The van der Waals surface area contributed by atoms with Crippen molar-refractivity contribution in [3.05, 3.63) is 102 Å². The van der Waals surface area contributed by atoms with Gasteiger partial charge in [-0.2, -0.15) is 5.10 Å². The summed E-state index contributed by atoms with van der Waals surface area (Å²) < 4.78 is 0. The van der Waals surface area contributed by atoms with Crippen LogP contribution in [0.25, 0.3) is 0 Å². The highest BCUT2D eigenvalue weighted by Gasteiger charge is 2.09. The van der Waals surface area contributed by atoms with Gasteiger partial charge < -0.3 is 5.11 Å². The number of benzene rings is 3. The molecule has 0 aliphatic heterocycles. The quantitative estimate of drug-likeness (QED) is 0.431. The van der Waals surface area contributed by atoms with Crippen LogP contribution in [0.15, 0.2) is 95.0 Å². The summed E-state index contributed by atoms with van der Waals surface area (Å²) in [5.41, 5.74) is 4.27. The first kappa shape index (κ1) is 17.1. The fourth-order valence-corrected chi connectivity index (χ4v) is 2.25. The average Bonchev–Trinajstić information content (AvgIpc) is 2.70. The fourth-order valence-electron chi connectivity index (χ4n) is 2.25. The van der Waals surface area contributed by atoms with E-state index in [2.05, 4.69) is 15.5 Å². The third-order valence-corrected chi connectivity index (χ3v) is 3.58. The van der Waals surface area contributed by atoms with Gasteiger partial charge in [-0.15, -0.1) is 0 Å². The minimum absolute atomic E-state index is 0.0328. The van der Waals surface area contributed by atoms with Gasteiger partial charge in [0.25, 0.3) is 5.91 Å². The molecule has 0 unspecified atom stereocenters. The van der Waals surface area contributed by atoms with E-state index in [0.717, 1.165) is 5.56 Å². The van der Waals surface area contributed by atoms with Gasteiger partial charge in [-0.05, 0) is 29.8 Å². The summed E-state index contributed by atoms with van der Waals surface area (Å²) in [6, 6.07) is 25.0. The van der Waals surface area contributed by atoms with Crippen LogP contribution in [0.3, 0.4) is 0 Å². The maximum absolute atomic E-state index is 12.2. The number of phenolic OH excluding ortho intramolecular Hbond substituents is 1. The second-order valence-corrected chi connectivity index (χ2v) is 5.43. The van der Waals surface area contributed by atoms with Gasteiger partial charge in [0.1, 0.15) is 5.75 Å². The molecule has 3 rings (SSSR count). The summed E-state index contributed by atoms with van der Waals surface area (Å²) in [6.07, 6.45) is 1.62. The smallest absolute Gasteiger partial charge is 0.271 e. The predicted molar refractivity (Wildman–Crippen MR) is 103 cm³/mol. The van der Waals surface area contributed by atoms with Crippen molar-refractivity contribution in [3.8, 4) is 5.75 Å². The second-order valence-electron chi connectivity index (χ2n) is 5.43. The number of nitrogens with zero attached hydrogens (tertiary/aromatic N) is 2. The Morgan fingerprint density at radius 2 is 1.46 bits per heavy atom. The molecule has 0 saturated heterocycles. The summed E-state index contributed by atoms with van der Waals surface area (Å²) in [5, 5.41) is 14.2. The molecule has 0 aliphatic rings. The molecule has 0 heterocycles. The lowest BCUT2D eigenvalue weighted by Gasteiger charge is -2.05. The fraction of sp³-hybridized carbons (Fsp3) is 0.